The molecule has 1 aromatic carbocycles. The number of aromatic nitrogens is 1. The molecule has 2 aromatic rings. The Bertz CT molecular complexity index is 605. The molecule has 0 bridgehead atoms. The van der Waals surface area contributed by atoms with Crippen molar-refractivity contribution >= 4 is 17.1 Å². The number of hydrogen-bond donors (Lipinski definition) is 1. The summed E-state index contributed by atoms with van der Waals surface area (Å²) in [5, 5.41) is 13.2. The predicted molar refractivity (Wildman–Crippen MR) is 60.5 cm³/mol. The standard InChI is InChI=1S/C11H7F2N3O2/c12-7-1-2-9(8(13)5-7)15-10-6-14-4-3-11(10)16(17)18/h1-6,15H. The highest BCUT2D eigenvalue weighted by Crippen LogP contribution is 2.27. The lowest BCUT2D eigenvalue weighted by molar-refractivity contribution is -0.384. The minimum Gasteiger partial charge on any atom is -0.346 e. The van der Waals surface area contributed by atoms with Crippen LogP contribution in [0.2, 0.25) is 0 Å². The highest BCUT2D eigenvalue weighted by Gasteiger charge is 2.14. The Balaban J connectivity index is 2.37. The molecule has 0 saturated carbocycles. The molecular weight excluding hydrogens is 244 g/mol. The number of rotatable bonds is 3. The molecule has 0 saturated heterocycles. The summed E-state index contributed by atoms with van der Waals surface area (Å²) in [5.74, 6) is -1.56. The molecule has 1 heterocycles. The molecule has 0 amide bonds. The molecule has 0 unspecified atom stereocenters. The zero-order valence-electron chi connectivity index (χ0n) is 8.93. The lowest BCUT2D eigenvalue weighted by Gasteiger charge is -2.07. The van der Waals surface area contributed by atoms with Gasteiger partial charge < -0.3 is 5.32 Å². The van der Waals surface area contributed by atoms with E-state index in [1.807, 2.05) is 0 Å². The van der Waals surface area contributed by atoms with Crippen LogP contribution in [0.5, 0.6) is 0 Å². The first-order valence-corrected chi connectivity index (χ1v) is 4.88. The number of pyridine rings is 1. The lowest BCUT2D eigenvalue weighted by atomic mass is 10.2. The van der Waals surface area contributed by atoms with Crippen LogP contribution in [0.3, 0.4) is 0 Å². The molecular formula is C11H7F2N3O2. The quantitative estimate of drug-likeness (QED) is 0.672. The van der Waals surface area contributed by atoms with Crippen LogP contribution in [-0.2, 0) is 0 Å². The molecule has 0 aliphatic carbocycles. The van der Waals surface area contributed by atoms with Crippen molar-refractivity contribution in [3.05, 3.63) is 58.4 Å². The van der Waals surface area contributed by atoms with E-state index in [-0.39, 0.29) is 17.1 Å². The summed E-state index contributed by atoms with van der Waals surface area (Å²) >= 11 is 0. The van der Waals surface area contributed by atoms with Gasteiger partial charge in [0, 0.05) is 18.3 Å². The van der Waals surface area contributed by atoms with Gasteiger partial charge in [-0.1, -0.05) is 0 Å². The largest absolute Gasteiger partial charge is 0.346 e. The molecule has 0 atom stereocenters. The smallest absolute Gasteiger partial charge is 0.295 e. The number of nitrogens with one attached hydrogen (secondary N) is 1. The van der Waals surface area contributed by atoms with E-state index in [1.54, 1.807) is 0 Å². The van der Waals surface area contributed by atoms with Crippen LogP contribution in [0.25, 0.3) is 0 Å². The van der Waals surface area contributed by atoms with Crippen molar-refractivity contribution in [2.75, 3.05) is 5.32 Å². The summed E-state index contributed by atoms with van der Waals surface area (Å²) < 4.78 is 26.1. The Kier molecular flexibility index (Phi) is 3.13. The van der Waals surface area contributed by atoms with Gasteiger partial charge in [0.25, 0.3) is 5.69 Å². The fourth-order valence-corrected chi connectivity index (χ4v) is 1.38. The second-order valence-electron chi connectivity index (χ2n) is 3.40. The van der Waals surface area contributed by atoms with E-state index in [0.29, 0.717) is 6.07 Å². The topological polar surface area (TPSA) is 68.1 Å². The molecule has 1 N–H and O–H groups in total. The Labute approximate surface area is 100 Å². The maximum absolute atomic E-state index is 13.4. The predicted octanol–water partition coefficient (Wildman–Crippen LogP) is 3.01. The third-order valence-corrected chi connectivity index (χ3v) is 2.20. The Hall–Kier alpha value is -2.57. The van der Waals surface area contributed by atoms with Gasteiger partial charge in [0.05, 0.1) is 16.8 Å². The Morgan fingerprint density at radius 3 is 2.67 bits per heavy atom. The number of benzene rings is 1. The molecule has 1 aromatic heterocycles. The fourth-order valence-electron chi connectivity index (χ4n) is 1.38. The van der Waals surface area contributed by atoms with Crippen molar-refractivity contribution in [3.8, 4) is 0 Å². The minimum absolute atomic E-state index is 0.0352. The average Bonchev–Trinajstić information content (AvgIpc) is 2.33. The molecule has 5 nitrogen and oxygen atoms in total. The van der Waals surface area contributed by atoms with Crippen LogP contribution < -0.4 is 5.32 Å². The second kappa shape index (κ2) is 4.74. The summed E-state index contributed by atoms with van der Waals surface area (Å²) in [6.45, 7) is 0. The molecule has 0 fully saturated rings. The van der Waals surface area contributed by atoms with Crippen molar-refractivity contribution in [2.24, 2.45) is 0 Å². The zero-order valence-corrected chi connectivity index (χ0v) is 8.93. The summed E-state index contributed by atoms with van der Waals surface area (Å²) in [6.07, 6.45) is 2.45. The average molecular weight is 251 g/mol. The SMILES string of the molecule is O=[N+]([O-])c1ccncc1Nc1ccc(F)cc1F. The van der Waals surface area contributed by atoms with Crippen LogP contribution in [0.1, 0.15) is 0 Å². The van der Waals surface area contributed by atoms with Gasteiger partial charge in [-0.25, -0.2) is 8.78 Å². The van der Waals surface area contributed by atoms with Gasteiger partial charge >= 0.3 is 0 Å². The number of anilines is 2. The van der Waals surface area contributed by atoms with Crippen LogP contribution in [0.4, 0.5) is 25.8 Å². The molecule has 2 rings (SSSR count). The third-order valence-electron chi connectivity index (χ3n) is 2.20. The highest BCUT2D eigenvalue weighted by atomic mass is 19.1. The van der Waals surface area contributed by atoms with Gasteiger partial charge in [-0.05, 0) is 12.1 Å². The lowest BCUT2D eigenvalue weighted by Crippen LogP contribution is -1.99. The maximum Gasteiger partial charge on any atom is 0.295 e. The van der Waals surface area contributed by atoms with E-state index in [1.165, 1.54) is 18.5 Å². The Morgan fingerprint density at radius 1 is 1.22 bits per heavy atom. The van der Waals surface area contributed by atoms with E-state index in [9.17, 15) is 18.9 Å². The van der Waals surface area contributed by atoms with E-state index < -0.39 is 16.6 Å². The van der Waals surface area contributed by atoms with Gasteiger partial charge in [0.2, 0.25) is 0 Å². The first-order valence-electron chi connectivity index (χ1n) is 4.88. The van der Waals surface area contributed by atoms with Gasteiger partial charge in [-0.15, -0.1) is 0 Å². The summed E-state index contributed by atoms with van der Waals surface area (Å²) in [4.78, 5) is 13.8. The van der Waals surface area contributed by atoms with Gasteiger partial charge in [-0.2, -0.15) is 0 Å². The normalized spacial score (nSPS) is 10.1. The number of nitrogens with zero attached hydrogens (tertiary/aromatic N) is 2. The first kappa shape index (κ1) is 11.9. The molecule has 0 aliphatic rings. The van der Waals surface area contributed by atoms with Crippen LogP contribution in [0, 0.1) is 21.7 Å². The first-order chi connectivity index (χ1) is 8.58. The summed E-state index contributed by atoms with van der Waals surface area (Å²) in [7, 11) is 0. The summed E-state index contributed by atoms with van der Waals surface area (Å²) in [6, 6.07) is 4.07. The Morgan fingerprint density at radius 2 is 2.00 bits per heavy atom. The van der Waals surface area contributed by atoms with Gasteiger partial charge in [-0.3, -0.25) is 15.1 Å². The monoisotopic (exact) mass is 251 g/mol. The molecule has 0 spiro atoms. The fraction of sp³-hybridized carbons (Fsp3) is 0. The number of nitro groups is 1. The number of halogens is 2. The third kappa shape index (κ3) is 2.40. The molecule has 18 heavy (non-hydrogen) atoms. The van der Waals surface area contributed by atoms with Gasteiger partial charge in [0.1, 0.15) is 17.3 Å². The van der Waals surface area contributed by atoms with E-state index in [2.05, 4.69) is 10.3 Å². The van der Waals surface area contributed by atoms with Crippen LogP contribution in [-0.4, -0.2) is 9.91 Å². The molecule has 92 valence electrons. The van der Waals surface area contributed by atoms with E-state index in [4.69, 9.17) is 0 Å². The van der Waals surface area contributed by atoms with Crippen molar-refractivity contribution < 1.29 is 13.7 Å². The molecule has 7 heteroatoms. The highest BCUT2D eigenvalue weighted by molar-refractivity contribution is 5.68. The van der Waals surface area contributed by atoms with E-state index in [0.717, 1.165) is 12.1 Å². The van der Waals surface area contributed by atoms with Crippen molar-refractivity contribution in [2.45, 2.75) is 0 Å². The number of hydrogen-bond acceptors (Lipinski definition) is 4. The van der Waals surface area contributed by atoms with Crippen LogP contribution in [0.15, 0.2) is 36.7 Å². The van der Waals surface area contributed by atoms with Crippen LogP contribution >= 0.6 is 0 Å². The van der Waals surface area contributed by atoms with Crippen molar-refractivity contribution in [3.63, 3.8) is 0 Å². The zero-order chi connectivity index (χ0) is 13.1. The minimum atomic E-state index is -0.840. The summed E-state index contributed by atoms with van der Waals surface area (Å²) in [5.41, 5.74) is -0.269. The van der Waals surface area contributed by atoms with E-state index >= 15 is 0 Å². The van der Waals surface area contributed by atoms with Crippen molar-refractivity contribution in [1.29, 1.82) is 0 Å². The second-order valence-corrected chi connectivity index (χ2v) is 3.40. The molecule has 0 radical (unpaired) electrons. The molecule has 0 aliphatic heterocycles. The van der Waals surface area contributed by atoms with Gasteiger partial charge in [0.15, 0.2) is 0 Å². The van der Waals surface area contributed by atoms with Crippen molar-refractivity contribution in [1.82, 2.24) is 4.98 Å². The maximum atomic E-state index is 13.4.